The van der Waals surface area contributed by atoms with E-state index in [-0.39, 0.29) is 45.7 Å². The van der Waals surface area contributed by atoms with Gasteiger partial charge in [-0.1, -0.05) is 6.42 Å². The summed E-state index contributed by atoms with van der Waals surface area (Å²) in [6.45, 7) is -1.63. The van der Waals surface area contributed by atoms with E-state index in [4.69, 9.17) is 9.47 Å². The van der Waals surface area contributed by atoms with Crippen molar-refractivity contribution >= 4 is 23.9 Å². The van der Waals surface area contributed by atoms with Crippen LogP contribution in [0.15, 0.2) is 12.0 Å². The van der Waals surface area contributed by atoms with E-state index < -0.39 is 117 Å². The van der Waals surface area contributed by atoms with Gasteiger partial charge in [0.05, 0.1) is 39.0 Å². The minimum absolute atomic E-state index is 0.0269. The van der Waals surface area contributed by atoms with E-state index in [1.54, 1.807) is 11.8 Å². The molecule has 0 radical (unpaired) electrons. The van der Waals surface area contributed by atoms with Crippen molar-refractivity contribution in [2.24, 2.45) is 0 Å². The van der Waals surface area contributed by atoms with Crippen molar-refractivity contribution < 1.29 is 84.8 Å². The van der Waals surface area contributed by atoms with Crippen molar-refractivity contribution in [1.29, 1.82) is 0 Å². The second-order valence-corrected chi connectivity index (χ2v) is 13.0. The molecule has 12 N–H and O–H groups in total. The van der Waals surface area contributed by atoms with E-state index in [1.165, 1.54) is 9.80 Å². The number of aliphatic carboxylic acids is 4. The van der Waals surface area contributed by atoms with Crippen LogP contribution in [0.5, 0.6) is 0 Å². The Kier molecular flexibility index (Phi) is 17.9. The molecule has 9 atom stereocenters. The Bertz CT molecular complexity index is 1160. The third-order valence-corrected chi connectivity index (χ3v) is 8.78. The molecule has 9 unspecified atom stereocenters. The lowest BCUT2D eigenvalue weighted by Gasteiger charge is -2.43. The minimum Gasteiger partial charge on any atom is -0.480 e. The molecule has 294 valence electrons. The van der Waals surface area contributed by atoms with Crippen LogP contribution < -0.4 is 5.32 Å². The predicted molar refractivity (Wildman–Crippen MR) is 171 cm³/mol. The maximum absolute atomic E-state index is 12.4. The van der Waals surface area contributed by atoms with Crippen molar-refractivity contribution in [2.45, 2.75) is 80.5 Å². The number of carboxylic acid groups (broad SMARTS) is 4. The van der Waals surface area contributed by atoms with E-state index in [9.17, 15) is 75.3 Å². The van der Waals surface area contributed by atoms with Gasteiger partial charge >= 0.3 is 23.9 Å². The number of nitrogens with one attached hydrogen (secondary N) is 1. The van der Waals surface area contributed by atoms with Crippen molar-refractivity contribution in [2.75, 3.05) is 72.1 Å². The highest BCUT2D eigenvalue weighted by Crippen LogP contribution is 2.25. The highest BCUT2D eigenvalue weighted by molar-refractivity contribution is 5.74. The molecule has 0 aromatic heterocycles. The molecule has 0 aliphatic carbocycles. The van der Waals surface area contributed by atoms with Gasteiger partial charge in [-0.15, -0.1) is 0 Å². The number of hydrogen-bond donors (Lipinski definition) is 12. The SMILES string of the molecule is CC1(N(CC(=O)O)CC(=O)O)CN(CC(=O)O)CCN(C(CCCCNCC(O)C(O)C(OC2=CC(O)C(O)C(CO)O2)C(O)CO)C(=O)O)C1. The molecule has 0 aromatic carbocycles. The summed E-state index contributed by atoms with van der Waals surface area (Å²) < 4.78 is 10.6. The average Bonchev–Trinajstić information content (AvgIpc) is 3.21. The summed E-state index contributed by atoms with van der Waals surface area (Å²) in [5.41, 5.74) is -1.25. The molecular weight excluding hydrogens is 688 g/mol. The van der Waals surface area contributed by atoms with Crippen LogP contribution in [0, 0.1) is 0 Å². The second kappa shape index (κ2) is 20.7. The largest absolute Gasteiger partial charge is 0.480 e. The van der Waals surface area contributed by atoms with E-state index >= 15 is 0 Å². The summed E-state index contributed by atoms with van der Waals surface area (Å²) in [4.78, 5) is 51.4. The maximum atomic E-state index is 12.4. The Labute approximate surface area is 293 Å². The molecular formula is C30H52N4O17. The Morgan fingerprint density at radius 2 is 1.63 bits per heavy atom. The Hall–Kier alpha value is -3.22. The molecule has 2 aliphatic heterocycles. The lowest BCUT2D eigenvalue weighted by molar-refractivity contribution is -0.180. The van der Waals surface area contributed by atoms with Crippen LogP contribution in [0.25, 0.3) is 0 Å². The van der Waals surface area contributed by atoms with Crippen LogP contribution in [0.1, 0.15) is 26.2 Å². The normalized spacial score (nSPS) is 26.2. The molecule has 2 aliphatic rings. The summed E-state index contributed by atoms with van der Waals surface area (Å²) in [7, 11) is 0. The van der Waals surface area contributed by atoms with Crippen LogP contribution in [0.4, 0.5) is 0 Å². The van der Waals surface area contributed by atoms with Crippen molar-refractivity contribution in [1.82, 2.24) is 20.0 Å². The first kappa shape index (κ1) is 43.9. The summed E-state index contributed by atoms with van der Waals surface area (Å²) in [5, 5.41) is 111. The number of carboxylic acids is 4. The average molecular weight is 741 g/mol. The van der Waals surface area contributed by atoms with Crippen LogP contribution >= 0.6 is 0 Å². The molecule has 2 heterocycles. The zero-order valence-corrected chi connectivity index (χ0v) is 28.3. The number of hydrogen-bond acceptors (Lipinski definition) is 17. The second-order valence-electron chi connectivity index (χ2n) is 13.0. The van der Waals surface area contributed by atoms with Gasteiger partial charge in [-0.2, -0.15) is 0 Å². The minimum atomic E-state index is -1.81. The van der Waals surface area contributed by atoms with Crippen LogP contribution in [0.2, 0.25) is 0 Å². The van der Waals surface area contributed by atoms with Crippen molar-refractivity contribution in [3.8, 4) is 0 Å². The fourth-order valence-corrected chi connectivity index (χ4v) is 6.14. The summed E-state index contributed by atoms with van der Waals surface area (Å²) in [6, 6.07) is -1.09. The quantitative estimate of drug-likeness (QED) is 0.0435. The Morgan fingerprint density at radius 3 is 2.18 bits per heavy atom. The lowest BCUT2D eigenvalue weighted by atomic mass is 9.96. The van der Waals surface area contributed by atoms with E-state index in [0.29, 0.717) is 12.8 Å². The molecule has 51 heavy (non-hydrogen) atoms. The number of nitrogens with zero attached hydrogens (tertiary/aromatic N) is 3. The van der Waals surface area contributed by atoms with E-state index in [0.717, 1.165) is 6.08 Å². The molecule has 21 nitrogen and oxygen atoms in total. The zero-order valence-electron chi connectivity index (χ0n) is 28.3. The number of ether oxygens (including phenoxy) is 2. The standard InChI is InChI=1S/C30H52N4O17/c1-30(34(11-23(42)43)12-24(44)45)15-32(10-22(40)41)6-7-33(16-30)17(29(48)49)4-2-3-5-31-9-19(38)27(47)28(20(39)13-35)51-25-8-18(37)26(46)21(14-36)50-25/h8,17-21,26-28,31,35-39,46-47H,2-7,9-16H2,1H3,(H,40,41)(H,42,43)(H,44,45)(H,48,49). The van der Waals surface area contributed by atoms with E-state index in [1.807, 2.05) is 0 Å². The van der Waals surface area contributed by atoms with Gasteiger partial charge in [0.1, 0.15) is 30.5 Å². The smallest absolute Gasteiger partial charge is 0.320 e. The molecule has 1 saturated heterocycles. The van der Waals surface area contributed by atoms with Crippen molar-refractivity contribution in [3.63, 3.8) is 0 Å². The highest BCUT2D eigenvalue weighted by atomic mass is 16.7. The highest BCUT2D eigenvalue weighted by Gasteiger charge is 2.43. The van der Waals surface area contributed by atoms with E-state index in [2.05, 4.69) is 5.32 Å². The first-order valence-corrected chi connectivity index (χ1v) is 16.4. The van der Waals surface area contributed by atoms with Gasteiger partial charge in [0, 0.05) is 44.3 Å². The molecule has 2 rings (SSSR count). The number of rotatable bonds is 23. The third kappa shape index (κ3) is 13.7. The number of aliphatic hydroxyl groups is 7. The number of aliphatic hydroxyl groups excluding tert-OH is 7. The molecule has 0 bridgehead atoms. The summed E-state index contributed by atoms with van der Waals surface area (Å²) in [5.74, 6) is -5.42. The summed E-state index contributed by atoms with van der Waals surface area (Å²) >= 11 is 0. The monoisotopic (exact) mass is 740 g/mol. The maximum Gasteiger partial charge on any atom is 0.320 e. The third-order valence-electron chi connectivity index (χ3n) is 8.78. The number of unbranched alkanes of at least 4 members (excludes halogenated alkanes) is 1. The molecule has 0 spiro atoms. The molecule has 1 fully saturated rings. The van der Waals surface area contributed by atoms with Gasteiger partial charge in [0.2, 0.25) is 0 Å². The molecule has 0 amide bonds. The van der Waals surface area contributed by atoms with Crippen LogP contribution in [-0.2, 0) is 28.7 Å². The van der Waals surface area contributed by atoms with Gasteiger partial charge in [-0.05, 0) is 26.3 Å². The van der Waals surface area contributed by atoms with Crippen LogP contribution in [0.3, 0.4) is 0 Å². The molecule has 0 aromatic rings. The first-order valence-electron chi connectivity index (χ1n) is 16.4. The molecule has 21 heteroatoms. The fourth-order valence-electron chi connectivity index (χ4n) is 6.14. The molecule has 0 saturated carbocycles. The van der Waals surface area contributed by atoms with Gasteiger partial charge in [-0.3, -0.25) is 33.9 Å². The van der Waals surface area contributed by atoms with Crippen LogP contribution in [-0.4, -0.2) is 221 Å². The number of carbonyl (C=O) groups is 4. The Balaban J connectivity index is 2.02. The predicted octanol–water partition coefficient (Wildman–Crippen LogP) is -5.45. The topological polar surface area (TPSA) is 331 Å². The fraction of sp³-hybridized carbons (Fsp3) is 0.800. The first-order chi connectivity index (χ1) is 23.9. The van der Waals surface area contributed by atoms with Gasteiger partial charge in [0.15, 0.2) is 12.2 Å². The zero-order chi connectivity index (χ0) is 38.5. The van der Waals surface area contributed by atoms with Gasteiger partial charge < -0.3 is 71.0 Å². The summed E-state index contributed by atoms with van der Waals surface area (Å²) in [6.07, 6.45) is -9.28. The van der Waals surface area contributed by atoms with Gasteiger partial charge in [0.25, 0.3) is 5.95 Å². The Morgan fingerprint density at radius 1 is 0.980 bits per heavy atom. The van der Waals surface area contributed by atoms with Gasteiger partial charge in [-0.25, -0.2) is 0 Å². The lowest BCUT2D eigenvalue weighted by Crippen LogP contribution is -2.61. The van der Waals surface area contributed by atoms with Crippen molar-refractivity contribution in [3.05, 3.63) is 12.0 Å².